The Labute approximate surface area is 140 Å². The summed E-state index contributed by atoms with van der Waals surface area (Å²) >= 11 is 0. The lowest BCUT2D eigenvalue weighted by molar-refractivity contribution is 0.0514. The molecule has 0 aromatic heterocycles. The fourth-order valence-electron chi connectivity index (χ4n) is 4.13. The van der Waals surface area contributed by atoms with Crippen LogP contribution in [0.5, 0.6) is 11.5 Å². The Morgan fingerprint density at radius 1 is 1.22 bits per heavy atom. The average molecular weight is 314 g/mol. The molecule has 2 aliphatic rings. The third kappa shape index (κ3) is 3.13. The molecule has 1 N–H and O–H groups in total. The number of unbranched alkanes of at least 4 members (excludes halogenated alkanes) is 2. The maximum Gasteiger partial charge on any atom is 0.128 e. The first kappa shape index (κ1) is 16.4. The van der Waals surface area contributed by atoms with Crippen LogP contribution in [0.15, 0.2) is 18.2 Å². The van der Waals surface area contributed by atoms with Crippen molar-refractivity contribution >= 4 is 5.57 Å². The second-order valence-corrected chi connectivity index (χ2v) is 7.87. The van der Waals surface area contributed by atoms with E-state index in [1.54, 1.807) is 0 Å². The number of aromatic hydroxyl groups is 1. The Balaban J connectivity index is 2.00. The molecule has 2 nitrogen and oxygen atoms in total. The number of hydrogen-bond donors (Lipinski definition) is 1. The van der Waals surface area contributed by atoms with Gasteiger partial charge in [-0.15, -0.1) is 0 Å². The van der Waals surface area contributed by atoms with Crippen molar-refractivity contribution in [2.45, 2.75) is 71.8 Å². The molecule has 0 radical (unpaired) electrons. The van der Waals surface area contributed by atoms with Gasteiger partial charge in [0.25, 0.3) is 0 Å². The second kappa shape index (κ2) is 6.22. The molecule has 0 fully saturated rings. The molecular weight excluding hydrogens is 284 g/mol. The summed E-state index contributed by atoms with van der Waals surface area (Å²) in [7, 11) is 0. The maximum atomic E-state index is 10.5. The van der Waals surface area contributed by atoms with Crippen LogP contribution < -0.4 is 4.74 Å². The molecule has 2 unspecified atom stereocenters. The highest BCUT2D eigenvalue weighted by atomic mass is 16.5. The molecule has 0 bridgehead atoms. The van der Waals surface area contributed by atoms with Crippen molar-refractivity contribution in [3.05, 3.63) is 29.3 Å². The van der Waals surface area contributed by atoms with Crippen LogP contribution in [0.25, 0.3) is 5.57 Å². The average Bonchev–Trinajstić information content (AvgIpc) is 2.48. The quantitative estimate of drug-likeness (QED) is 0.720. The summed E-state index contributed by atoms with van der Waals surface area (Å²) in [5, 5.41) is 10.5. The number of aryl methyl sites for hydroxylation is 1. The zero-order valence-corrected chi connectivity index (χ0v) is 15.0. The third-order valence-corrected chi connectivity index (χ3v) is 5.50. The Bertz CT molecular complexity index is 613. The first-order valence-electron chi connectivity index (χ1n) is 9.19. The predicted octanol–water partition coefficient (Wildman–Crippen LogP) is 5.73. The molecule has 1 aromatic rings. The standard InChI is InChI=1S/C21H30O2/c1-5-6-7-8-15-12-20-17(13-19(15)22)16-11-14(2)9-10-18(16)21(3,4)23-20/h11-14,18,22H,5-10H2,1-4H3. The number of phenols is 1. The summed E-state index contributed by atoms with van der Waals surface area (Å²) in [5.41, 5.74) is 3.34. The van der Waals surface area contributed by atoms with Gasteiger partial charge in [-0.1, -0.05) is 32.8 Å². The van der Waals surface area contributed by atoms with E-state index in [4.69, 9.17) is 4.74 Å². The number of allylic oxidation sites excluding steroid dienone is 1. The van der Waals surface area contributed by atoms with Crippen molar-refractivity contribution in [3.63, 3.8) is 0 Å². The molecule has 1 aliphatic carbocycles. The van der Waals surface area contributed by atoms with Crippen molar-refractivity contribution in [1.82, 2.24) is 0 Å². The van der Waals surface area contributed by atoms with Gasteiger partial charge < -0.3 is 9.84 Å². The van der Waals surface area contributed by atoms with Crippen molar-refractivity contribution in [3.8, 4) is 11.5 Å². The SMILES string of the molecule is CCCCCc1cc2c(cc1O)C1=CC(C)CCC1C(C)(C)O2. The minimum Gasteiger partial charge on any atom is -0.508 e. The molecule has 1 aliphatic heterocycles. The van der Waals surface area contributed by atoms with Gasteiger partial charge in [0.05, 0.1) is 0 Å². The van der Waals surface area contributed by atoms with Crippen LogP contribution >= 0.6 is 0 Å². The Morgan fingerprint density at radius 2 is 2.00 bits per heavy atom. The van der Waals surface area contributed by atoms with E-state index in [0.29, 0.717) is 17.6 Å². The van der Waals surface area contributed by atoms with Gasteiger partial charge in [0.15, 0.2) is 0 Å². The Morgan fingerprint density at radius 3 is 2.74 bits per heavy atom. The van der Waals surface area contributed by atoms with Gasteiger partial charge in [-0.25, -0.2) is 0 Å². The van der Waals surface area contributed by atoms with Crippen LogP contribution in [0.2, 0.25) is 0 Å². The minimum absolute atomic E-state index is 0.170. The Kier molecular flexibility index (Phi) is 4.44. The summed E-state index contributed by atoms with van der Waals surface area (Å²) in [6.07, 6.45) is 9.23. The highest BCUT2D eigenvalue weighted by Crippen LogP contribution is 2.50. The van der Waals surface area contributed by atoms with Crippen molar-refractivity contribution < 1.29 is 9.84 Å². The van der Waals surface area contributed by atoms with Gasteiger partial charge in [0.2, 0.25) is 0 Å². The number of benzene rings is 1. The maximum absolute atomic E-state index is 10.5. The molecule has 2 atom stereocenters. The monoisotopic (exact) mass is 314 g/mol. The fraction of sp³-hybridized carbons (Fsp3) is 0.619. The first-order chi connectivity index (χ1) is 10.9. The topological polar surface area (TPSA) is 29.5 Å². The molecule has 2 heteroatoms. The van der Waals surface area contributed by atoms with Gasteiger partial charge in [-0.3, -0.25) is 0 Å². The number of phenolic OH excluding ortho intramolecular Hbond substituents is 1. The molecule has 0 saturated carbocycles. The molecule has 3 rings (SSSR count). The van der Waals surface area contributed by atoms with Crippen molar-refractivity contribution in [2.75, 3.05) is 0 Å². The van der Waals surface area contributed by atoms with Crippen LogP contribution in [0.1, 0.15) is 70.9 Å². The first-order valence-corrected chi connectivity index (χ1v) is 9.19. The summed E-state index contributed by atoms with van der Waals surface area (Å²) in [6.45, 7) is 8.89. The van der Waals surface area contributed by atoms with E-state index in [1.165, 1.54) is 31.3 Å². The predicted molar refractivity (Wildman–Crippen MR) is 95.9 cm³/mol. The van der Waals surface area contributed by atoms with E-state index < -0.39 is 0 Å². The van der Waals surface area contributed by atoms with Gasteiger partial charge in [-0.05, 0) is 68.7 Å². The van der Waals surface area contributed by atoms with Gasteiger partial charge in [-0.2, -0.15) is 0 Å². The van der Waals surface area contributed by atoms with E-state index in [-0.39, 0.29) is 5.60 Å². The summed E-state index contributed by atoms with van der Waals surface area (Å²) in [4.78, 5) is 0. The van der Waals surface area contributed by atoms with Crippen LogP contribution in [0, 0.1) is 11.8 Å². The lowest BCUT2D eigenvalue weighted by Crippen LogP contribution is -2.42. The molecule has 23 heavy (non-hydrogen) atoms. The molecule has 1 heterocycles. The lowest BCUT2D eigenvalue weighted by Gasteiger charge is -2.44. The normalized spacial score (nSPS) is 25.1. The van der Waals surface area contributed by atoms with Gasteiger partial charge in [0, 0.05) is 11.5 Å². The van der Waals surface area contributed by atoms with E-state index >= 15 is 0 Å². The third-order valence-electron chi connectivity index (χ3n) is 5.50. The minimum atomic E-state index is -0.170. The zero-order valence-electron chi connectivity index (χ0n) is 15.0. The molecule has 0 saturated heterocycles. The lowest BCUT2D eigenvalue weighted by atomic mass is 9.70. The Hall–Kier alpha value is -1.44. The number of fused-ring (bicyclic) bond motifs is 3. The smallest absolute Gasteiger partial charge is 0.128 e. The molecule has 1 aromatic carbocycles. The molecule has 0 spiro atoms. The van der Waals surface area contributed by atoms with Crippen molar-refractivity contribution in [1.29, 1.82) is 0 Å². The highest BCUT2D eigenvalue weighted by Gasteiger charge is 2.42. The van der Waals surface area contributed by atoms with Gasteiger partial charge >= 0.3 is 0 Å². The van der Waals surface area contributed by atoms with Gasteiger partial charge in [0.1, 0.15) is 17.1 Å². The zero-order chi connectivity index (χ0) is 16.6. The van der Waals surface area contributed by atoms with E-state index in [0.717, 1.165) is 29.7 Å². The highest BCUT2D eigenvalue weighted by molar-refractivity contribution is 5.77. The van der Waals surface area contributed by atoms with E-state index in [9.17, 15) is 5.11 Å². The largest absolute Gasteiger partial charge is 0.508 e. The molecular formula is C21H30O2. The summed E-state index contributed by atoms with van der Waals surface area (Å²) in [6, 6.07) is 4.03. The second-order valence-electron chi connectivity index (χ2n) is 7.87. The van der Waals surface area contributed by atoms with Crippen LogP contribution in [-0.2, 0) is 6.42 Å². The van der Waals surface area contributed by atoms with Crippen molar-refractivity contribution in [2.24, 2.45) is 11.8 Å². The summed E-state index contributed by atoms with van der Waals surface area (Å²) in [5.74, 6) is 2.42. The number of rotatable bonds is 4. The molecule has 0 amide bonds. The fourth-order valence-corrected chi connectivity index (χ4v) is 4.13. The van der Waals surface area contributed by atoms with Crippen LogP contribution in [-0.4, -0.2) is 10.7 Å². The summed E-state index contributed by atoms with van der Waals surface area (Å²) < 4.78 is 6.37. The van der Waals surface area contributed by atoms with Crippen LogP contribution in [0.3, 0.4) is 0 Å². The number of ether oxygens (including phenoxy) is 1. The number of hydrogen-bond acceptors (Lipinski definition) is 2. The van der Waals surface area contributed by atoms with Crippen LogP contribution in [0.4, 0.5) is 0 Å². The van der Waals surface area contributed by atoms with E-state index in [1.807, 2.05) is 6.07 Å². The van der Waals surface area contributed by atoms with E-state index in [2.05, 4.69) is 39.8 Å². The molecule has 126 valence electrons.